The van der Waals surface area contributed by atoms with E-state index in [1.807, 2.05) is 32.0 Å². The summed E-state index contributed by atoms with van der Waals surface area (Å²) < 4.78 is 5.14. The third-order valence-electron chi connectivity index (χ3n) is 5.92. The molecule has 1 aromatic carbocycles. The van der Waals surface area contributed by atoms with Crippen LogP contribution in [0.1, 0.15) is 43.2 Å². The number of hydrogen-bond acceptors (Lipinski definition) is 5. The number of carbonyl (C=O) groups excluding carboxylic acids is 4. The number of ketones is 1. The minimum Gasteiger partial charge on any atom is -0.455 e. The van der Waals surface area contributed by atoms with Crippen LogP contribution in [0.5, 0.6) is 0 Å². The molecule has 2 aliphatic rings. The van der Waals surface area contributed by atoms with E-state index < -0.39 is 18.5 Å². The number of aryl methyl sites for hydroxylation is 2. The highest BCUT2D eigenvalue weighted by molar-refractivity contribution is 5.96. The first-order valence-corrected chi connectivity index (χ1v) is 10.2. The van der Waals surface area contributed by atoms with Gasteiger partial charge in [-0.2, -0.15) is 0 Å². The van der Waals surface area contributed by atoms with Crippen molar-refractivity contribution in [2.45, 2.75) is 46.0 Å². The van der Waals surface area contributed by atoms with E-state index in [0.717, 1.165) is 36.1 Å². The number of amides is 2. The number of fused-ring (bicyclic) bond motifs is 2. The molecule has 2 bridgehead atoms. The standard InChI is InChI=1S/C22H28N2O5/c1-13-5-3-6-14(2)20(13)24-18(25)11-23-19(26)12-29-22(28)17-9-15-7-4-8-16(10-17)21(15)27/h3,5-6,15-17H,4,7-12H2,1-2H3,(H,23,26)(H,24,25)/t15-,16-/m1/s1. The lowest BCUT2D eigenvalue weighted by Crippen LogP contribution is -2.40. The predicted octanol–water partition coefficient (Wildman–Crippen LogP) is 2.30. The Hall–Kier alpha value is -2.70. The average Bonchev–Trinajstić information content (AvgIpc) is 2.67. The highest BCUT2D eigenvalue weighted by atomic mass is 16.5. The van der Waals surface area contributed by atoms with Crippen LogP contribution in [0.3, 0.4) is 0 Å². The van der Waals surface area contributed by atoms with Gasteiger partial charge in [0.2, 0.25) is 5.91 Å². The summed E-state index contributed by atoms with van der Waals surface area (Å²) in [6.45, 7) is 3.17. The summed E-state index contributed by atoms with van der Waals surface area (Å²) in [5, 5.41) is 5.25. The Bertz CT molecular complexity index is 783. The maximum Gasteiger partial charge on any atom is 0.309 e. The van der Waals surface area contributed by atoms with Crippen LogP contribution in [0.25, 0.3) is 0 Å². The van der Waals surface area contributed by atoms with Crippen LogP contribution in [-0.4, -0.2) is 36.7 Å². The van der Waals surface area contributed by atoms with Gasteiger partial charge in [-0.05, 0) is 50.7 Å². The smallest absolute Gasteiger partial charge is 0.309 e. The second kappa shape index (κ2) is 9.20. The molecule has 0 aliphatic heterocycles. The molecule has 2 N–H and O–H groups in total. The first kappa shape index (κ1) is 21.0. The van der Waals surface area contributed by atoms with Crippen molar-refractivity contribution in [2.75, 3.05) is 18.5 Å². The molecule has 2 fully saturated rings. The summed E-state index contributed by atoms with van der Waals surface area (Å²) in [5.41, 5.74) is 2.61. The summed E-state index contributed by atoms with van der Waals surface area (Å²) in [7, 11) is 0. The molecule has 29 heavy (non-hydrogen) atoms. The van der Waals surface area contributed by atoms with Gasteiger partial charge >= 0.3 is 5.97 Å². The molecule has 0 heterocycles. The summed E-state index contributed by atoms with van der Waals surface area (Å²) in [6.07, 6.45) is 3.77. The summed E-state index contributed by atoms with van der Waals surface area (Å²) in [6, 6.07) is 5.70. The topological polar surface area (TPSA) is 102 Å². The fourth-order valence-electron chi connectivity index (χ4n) is 4.35. The van der Waals surface area contributed by atoms with Gasteiger partial charge in [0.15, 0.2) is 6.61 Å². The largest absolute Gasteiger partial charge is 0.455 e. The molecule has 3 rings (SSSR count). The maximum absolute atomic E-state index is 12.3. The van der Waals surface area contributed by atoms with Crippen molar-refractivity contribution in [1.29, 1.82) is 0 Å². The van der Waals surface area contributed by atoms with Crippen molar-refractivity contribution in [2.24, 2.45) is 17.8 Å². The number of anilines is 1. The quantitative estimate of drug-likeness (QED) is 0.714. The second-order valence-electron chi connectivity index (χ2n) is 8.09. The van der Waals surface area contributed by atoms with Gasteiger partial charge < -0.3 is 15.4 Å². The van der Waals surface area contributed by atoms with Crippen LogP contribution < -0.4 is 10.6 Å². The van der Waals surface area contributed by atoms with E-state index in [1.165, 1.54) is 0 Å². The first-order valence-electron chi connectivity index (χ1n) is 10.2. The maximum atomic E-state index is 12.3. The third-order valence-corrected chi connectivity index (χ3v) is 5.92. The van der Waals surface area contributed by atoms with Gasteiger partial charge in [0.05, 0.1) is 12.5 Å². The highest BCUT2D eigenvalue weighted by Gasteiger charge is 2.41. The lowest BCUT2D eigenvalue weighted by molar-refractivity contribution is -0.156. The van der Waals surface area contributed by atoms with Gasteiger partial charge in [0.1, 0.15) is 5.78 Å². The van der Waals surface area contributed by atoms with Gasteiger partial charge in [-0.1, -0.05) is 24.6 Å². The van der Waals surface area contributed by atoms with Crippen molar-refractivity contribution in [1.82, 2.24) is 5.32 Å². The molecule has 7 heteroatoms. The van der Waals surface area contributed by atoms with E-state index >= 15 is 0 Å². The third kappa shape index (κ3) is 5.22. The molecule has 2 atom stereocenters. The number of Topliss-reactive ketones (excluding diaryl/α,β-unsaturated/α-hetero) is 1. The van der Waals surface area contributed by atoms with Crippen LogP contribution >= 0.6 is 0 Å². The SMILES string of the molecule is Cc1cccc(C)c1NC(=O)CNC(=O)COC(=O)C1C[C@H]2CCC[C@H](C1)C2=O. The van der Waals surface area contributed by atoms with E-state index in [-0.39, 0.29) is 36.0 Å². The second-order valence-corrected chi connectivity index (χ2v) is 8.09. The van der Waals surface area contributed by atoms with Gasteiger partial charge in [-0.3, -0.25) is 19.2 Å². The Labute approximate surface area is 170 Å². The molecule has 2 aliphatic carbocycles. The van der Waals surface area contributed by atoms with E-state index in [1.54, 1.807) is 0 Å². The summed E-state index contributed by atoms with van der Waals surface area (Å²) >= 11 is 0. The number of hydrogen-bond donors (Lipinski definition) is 2. The van der Waals surface area contributed by atoms with Crippen molar-refractivity contribution in [3.63, 3.8) is 0 Å². The zero-order valence-corrected chi connectivity index (χ0v) is 17.0. The number of rotatable bonds is 6. The molecule has 0 spiro atoms. The minimum atomic E-state index is -0.526. The number of carbonyl (C=O) groups is 4. The van der Waals surface area contributed by atoms with Crippen molar-refractivity contribution in [3.05, 3.63) is 29.3 Å². The molecular formula is C22H28N2O5. The lowest BCUT2D eigenvalue weighted by Gasteiger charge is -2.36. The van der Waals surface area contributed by atoms with Crippen molar-refractivity contribution < 1.29 is 23.9 Å². The van der Waals surface area contributed by atoms with E-state index in [4.69, 9.17) is 4.74 Å². The molecule has 1 aromatic rings. The lowest BCUT2D eigenvalue weighted by atomic mass is 9.67. The Morgan fingerprint density at radius 1 is 1.03 bits per heavy atom. The molecule has 0 radical (unpaired) electrons. The molecular weight excluding hydrogens is 372 g/mol. The average molecular weight is 400 g/mol. The van der Waals surface area contributed by atoms with Gasteiger partial charge in [0, 0.05) is 17.5 Å². The minimum absolute atomic E-state index is 0.0394. The van der Waals surface area contributed by atoms with Gasteiger partial charge in [0.25, 0.3) is 5.91 Å². The number of para-hydroxylation sites is 1. The molecule has 2 saturated carbocycles. The van der Waals surface area contributed by atoms with Gasteiger partial charge in [-0.15, -0.1) is 0 Å². The molecule has 0 aromatic heterocycles. The Kier molecular flexibility index (Phi) is 6.67. The van der Waals surface area contributed by atoms with E-state index in [2.05, 4.69) is 10.6 Å². The summed E-state index contributed by atoms with van der Waals surface area (Å²) in [5.74, 6) is -1.41. The number of nitrogens with one attached hydrogen (secondary N) is 2. The van der Waals surface area contributed by atoms with Crippen molar-refractivity contribution in [3.8, 4) is 0 Å². The molecule has 7 nitrogen and oxygen atoms in total. The predicted molar refractivity (Wildman–Crippen MR) is 107 cm³/mol. The van der Waals surface area contributed by atoms with Gasteiger partial charge in [-0.25, -0.2) is 0 Å². The first-order chi connectivity index (χ1) is 13.8. The Balaban J connectivity index is 1.40. The van der Waals surface area contributed by atoms with E-state index in [9.17, 15) is 19.2 Å². The fourth-order valence-corrected chi connectivity index (χ4v) is 4.35. The number of ether oxygens (including phenoxy) is 1. The van der Waals surface area contributed by atoms with Crippen molar-refractivity contribution >= 4 is 29.3 Å². The zero-order valence-electron chi connectivity index (χ0n) is 17.0. The van der Waals surface area contributed by atoms with Crippen LogP contribution in [0, 0.1) is 31.6 Å². The number of esters is 1. The van der Waals surface area contributed by atoms with Crippen LogP contribution in [0.15, 0.2) is 18.2 Å². The summed E-state index contributed by atoms with van der Waals surface area (Å²) in [4.78, 5) is 48.4. The zero-order chi connectivity index (χ0) is 21.0. The molecule has 156 valence electrons. The fraction of sp³-hybridized carbons (Fsp3) is 0.545. The Morgan fingerprint density at radius 2 is 1.66 bits per heavy atom. The van der Waals surface area contributed by atoms with E-state index in [0.29, 0.717) is 12.8 Å². The van der Waals surface area contributed by atoms with Crippen LogP contribution in [0.4, 0.5) is 5.69 Å². The molecule has 0 saturated heterocycles. The van der Waals surface area contributed by atoms with Crippen LogP contribution in [0.2, 0.25) is 0 Å². The normalized spacial score (nSPS) is 23.2. The highest BCUT2D eigenvalue weighted by Crippen LogP contribution is 2.40. The van der Waals surface area contributed by atoms with Crippen LogP contribution in [-0.2, 0) is 23.9 Å². The Morgan fingerprint density at radius 3 is 2.28 bits per heavy atom. The number of benzene rings is 1. The monoisotopic (exact) mass is 400 g/mol. The molecule has 2 amide bonds. The molecule has 0 unspecified atom stereocenters.